The molecule has 0 aromatic heterocycles. The van der Waals surface area contributed by atoms with Crippen molar-refractivity contribution in [2.45, 2.75) is 51.0 Å². The van der Waals surface area contributed by atoms with Gasteiger partial charge in [0.05, 0.1) is 0 Å². The number of carbonyl (C=O) groups excluding carboxylic acids is 1. The lowest BCUT2D eigenvalue weighted by Crippen LogP contribution is -2.37. The molecule has 0 saturated heterocycles. The Labute approximate surface area is 127 Å². The third kappa shape index (κ3) is 4.41. The van der Waals surface area contributed by atoms with Crippen LogP contribution in [0.5, 0.6) is 0 Å². The van der Waals surface area contributed by atoms with Gasteiger partial charge in [-0.25, -0.2) is 0 Å². The number of benzene rings is 1. The zero-order valence-electron chi connectivity index (χ0n) is 12.2. The van der Waals surface area contributed by atoms with Crippen molar-refractivity contribution in [3.05, 3.63) is 29.8 Å². The number of nitrogens with two attached hydrogens (primary N) is 1. The lowest BCUT2D eigenvalue weighted by atomic mass is 9.95. The van der Waals surface area contributed by atoms with Gasteiger partial charge in [0.1, 0.15) is 0 Å². The number of anilines is 1. The van der Waals surface area contributed by atoms with Crippen molar-refractivity contribution in [1.29, 1.82) is 0 Å². The topological polar surface area (TPSA) is 46.3 Å². The number of amides is 1. The summed E-state index contributed by atoms with van der Waals surface area (Å²) in [4.78, 5) is 14.4. The second-order valence-electron chi connectivity index (χ2n) is 5.54. The fourth-order valence-corrected chi connectivity index (χ4v) is 2.86. The first-order chi connectivity index (χ1) is 9.18. The molecule has 1 amide bonds. The molecule has 0 radical (unpaired) electrons. The van der Waals surface area contributed by atoms with Crippen LogP contribution >= 0.6 is 12.4 Å². The maximum atomic E-state index is 12.5. The van der Waals surface area contributed by atoms with Crippen LogP contribution in [0.25, 0.3) is 0 Å². The maximum absolute atomic E-state index is 12.5. The maximum Gasteiger partial charge on any atom is 0.253 e. The Kier molecular flexibility index (Phi) is 6.86. The predicted octanol–water partition coefficient (Wildman–Crippen LogP) is 3.88. The van der Waals surface area contributed by atoms with Crippen molar-refractivity contribution in [2.24, 2.45) is 0 Å². The third-order valence-electron chi connectivity index (χ3n) is 4.08. The van der Waals surface area contributed by atoms with Crippen LogP contribution in [0.15, 0.2) is 24.3 Å². The van der Waals surface area contributed by atoms with Gasteiger partial charge in [-0.3, -0.25) is 4.79 Å². The molecule has 1 aromatic carbocycles. The summed E-state index contributed by atoms with van der Waals surface area (Å²) >= 11 is 0. The molecule has 0 aliphatic heterocycles. The lowest BCUT2D eigenvalue weighted by Gasteiger charge is -2.30. The summed E-state index contributed by atoms with van der Waals surface area (Å²) in [5, 5.41) is 0. The van der Waals surface area contributed by atoms with Gasteiger partial charge in [-0.15, -0.1) is 12.4 Å². The largest absolute Gasteiger partial charge is 0.399 e. The van der Waals surface area contributed by atoms with E-state index in [0.717, 1.165) is 12.8 Å². The Morgan fingerprint density at radius 2 is 1.75 bits per heavy atom. The average Bonchev–Trinajstić information content (AvgIpc) is 2.37. The van der Waals surface area contributed by atoms with Crippen molar-refractivity contribution >= 4 is 24.0 Å². The van der Waals surface area contributed by atoms with E-state index in [2.05, 4.69) is 0 Å². The minimum Gasteiger partial charge on any atom is -0.399 e. The minimum atomic E-state index is 0. The summed E-state index contributed by atoms with van der Waals surface area (Å²) in [7, 11) is 1.93. The summed E-state index contributed by atoms with van der Waals surface area (Å²) in [6.45, 7) is 0. The van der Waals surface area contributed by atoms with Gasteiger partial charge in [-0.2, -0.15) is 0 Å². The number of nitrogens with zero attached hydrogens (tertiary/aromatic N) is 1. The van der Waals surface area contributed by atoms with Crippen LogP contribution in [0, 0.1) is 0 Å². The molecule has 1 fully saturated rings. The van der Waals surface area contributed by atoms with Gasteiger partial charge in [0.25, 0.3) is 5.91 Å². The number of rotatable bonds is 2. The van der Waals surface area contributed by atoms with Crippen molar-refractivity contribution in [1.82, 2.24) is 4.90 Å². The van der Waals surface area contributed by atoms with E-state index in [0.29, 0.717) is 17.3 Å². The van der Waals surface area contributed by atoms with Crippen molar-refractivity contribution in [3.8, 4) is 0 Å². The van der Waals surface area contributed by atoms with Crippen molar-refractivity contribution in [2.75, 3.05) is 12.8 Å². The molecular formula is C16H25ClN2O. The Bertz CT molecular complexity index is 428. The quantitative estimate of drug-likeness (QED) is 0.842. The predicted molar refractivity (Wildman–Crippen MR) is 86.3 cm³/mol. The molecule has 1 aliphatic carbocycles. The summed E-state index contributed by atoms with van der Waals surface area (Å²) in [6.07, 6.45) is 8.68. The van der Waals surface area contributed by atoms with Crippen LogP contribution in [0.3, 0.4) is 0 Å². The van der Waals surface area contributed by atoms with Crippen LogP contribution in [0.1, 0.15) is 55.3 Å². The zero-order chi connectivity index (χ0) is 13.7. The highest BCUT2D eigenvalue weighted by molar-refractivity contribution is 5.95. The van der Waals surface area contributed by atoms with Crippen molar-refractivity contribution in [3.63, 3.8) is 0 Å². The summed E-state index contributed by atoms with van der Waals surface area (Å²) in [6, 6.07) is 7.65. The molecular weight excluding hydrogens is 272 g/mol. The normalized spacial score (nSPS) is 16.6. The fourth-order valence-electron chi connectivity index (χ4n) is 2.86. The van der Waals surface area contributed by atoms with Crippen LogP contribution < -0.4 is 5.73 Å². The number of hydrogen-bond acceptors (Lipinski definition) is 2. The molecule has 112 valence electrons. The first-order valence-electron chi connectivity index (χ1n) is 7.31. The molecule has 3 nitrogen and oxygen atoms in total. The Morgan fingerprint density at radius 3 is 2.35 bits per heavy atom. The molecule has 1 aromatic rings. The van der Waals surface area contributed by atoms with E-state index in [1.54, 1.807) is 6.07 Å². The van der Waals surface area contributed by atoms with E-state index in [1.807, 2.05) is 30.1 Å². The molecule has 4 heteroatoms. The zero-order valence-corrected chi connectivity index (χ0v) is 13.0. The number of halogens is 1. The van der Waals surface area contributed by atoms with E-state index >= 15 is 0 Å². The molecule has 1 saturated carbocycles. The van der Waals surface area contributed by atoms with Gasteiger partial charge in [-0.1, -0.05) is 38.2 Å². The van der Waals surface area contributed by atoms with Crippen LogP contribution in [-0.2, 0) is 0 Å². The van der Waals surface area contributed by atoms with E-state index in [4.69, 9.17) is 5.73 Å². The SMILES string of the molecule is CN(C(=O)c1cccc(N)c1)C1CCCCCCC1.Cl. The van der Waals surface area contributed by atoms with Crippen LogP contribution in [0.4, 0.5) is 5.69 Å². The molecule has 1 aliphatic rings. The average molecular weight is 297 g/mol. The molecule has 0 heterocycles. The van der Waals surface area contributed by atoms with E-state index < -0.39 is 0 Å². The Hall–Kier alpha value is -1.22. The van der Waals surface area contributed by atoms with E-state index in [1.165, 1.54) is 32.1 Å². The number of hydrogen-bond donors (Lipinski definition) is 1. The minimum absolute atomic E-state index is 0. The lowest BCUT2D eigenvalue weighted by molar-refractivity contribution is 0.0707. The standard InChI is InChI=1S/C16H24N2O.ClH/c1-18(15-10-5-3-2-4-6-11-15)16(19)13-8-7-9-14(17)12-13;/h7-9,12,15H,2-6,10-11,17H2,1H3;1H. The molecule has 0 bridgehead atoms. The smallest absolute Gasteiger partial charge is 0.253 e. The van der Waals surface area contributed by atoms with Crippen LogP contribution in [-0.4, -0.2) is 23.9 Å². The summed E-state index contributed by atoms with van der Waals surface area (Å²) in [5.74, 6) is 0.0953. The third-order valence-corrected chi connectivity index (χ3v) is 4.08. The highest BCUT2D eigenvalue weighted by atomic mass is 35.5. The second kappa shape index (κ2) is 8.15. The van der Waals surface area contributed by atoms with Gasteiger partial charge >= 0.3 is 0 Å². The molecule has 0 spiro atoms. The van der Waals surface area contributed by atoms with Crippen molar-refractivity contribution < 1.29 is 4.79 Å². The monoisotopic (exact) mass is 296 g/mol. The first-order valence-corrected chi connectivity index (χ1v) is 7.31. The highest BCUT2D eigenvalue weighted by Gasteiger charge is 2.21. The fraction of sp³-hybridized carbons (Fsp3) is 0.562. The summed E-state index contributed by atoms with van der Waals surface area (Å²) < 4.78 is 0. The van der Waals surface area contributed by atoms with Gasteiger partial charge in [0.15, 0.2) is 0 Å². The second-order valence-corrected chi connectivity index (χ2v) is 5.54. The van der Waals surface area contributed by atoms with Gasteiger partial charge in [-0.05, 0) is 31.0 Å². The first kappa shape index (κ1) is 16.8. The van der Waals surface area contributed by atoms with E-state index in [-0.39, 0.29) is 18.3 Å². The number of nitrogen functional groups attached to an aromatic ring is 1. The van der Waals surface area contributed by atoms with Gasteiger partial charge in [0, 0.05) is 24.3 Å². The summed E-state index contributed by atoms with van der Waals surface area (Å²) in [5.41, 5.74) is 7.10. The molecule has 0 atom stereocenters. The Morgan fingerprint density at radius 1 is 1.15 bits per heavy atom. The Balaban J connectivity index is 0.00000200. The molecule has 0 unspecified atom stereocenters. The highest BCUT2D eigenvalue weighted by Crippen LogP contribution is 2.22. The number of carbonyl (C=O) groups is 1. The molecule has 20 heavy (non-hydrogen) atoms. The van der Waals surface area contributed by atoms with Gasteiger partial charge in [0.2, 0.25) is 0 Å². The molecule has 2 N–H and O–H groups in total. The molecule has 2 rings (SSSR count). The van der Waals surface area contributed by atoms with Crippen LogP contribution in [0.2, 0.25) is 0 Å². The van der Waals surface area contributed by atoms with Gasteiger partial charge < -0.3 is 10.6 Å². The van der Waals surface area contributed by atoms with E-state index in [9.17, 15) is 4.79 Å².